The van der Waals surface area contributed by atoms with Crippen LogP contribution in [0.2, 0.25) is 5.02 Å². The second-order valence-electron chi connectivity index (χ2n) is 5.21. The van der Waals surface area contributed by atoms with Crippen molar-refractivity contribution in [1.29, 1.82) is 0 Å². The molecule has 2 N–H and O–H groups in total. The van der Waals surface area contributed by atoms with Gasteiger partial charge in [-0.1, -0.05) is 29.8 Å². The molecule has 0 saturated carbocycles. The van der Waals surface area contributed by atoms with Gasteiger partial charge in [-0.3, -0.25) is 14.7 Å². The van der Waals surface area contributed by atoms with Crippen LogP contribution in [0.1, 0.15) is 16.8 Å². The number of aromatic amines is 1. The molecule has 22 heavy (non-hydrogen) atoms. The lowest BCUT2D eigenvalue weighted by atomic mass is 10.1. The lowest BCUT2D eigenvalue weighted by Gasteiger charge is -2.16. The summed E-state index contributed by atoms with van der Waals surface area (Å²) >= 11 is 6.17. The Morgan fingerprint density at radius 1 is 1.36 bits per heavy atom. The van der Waals surface area contributed by atoms with Crippen LogP contribution in [0, 0.1) is 5.92 Å². The van der Waals surface area contributed by atoms with Gasteiger partial charge in [0.15, 0.2) is 0 Å². The Bertz CT molecular complexity index is 728. The van der Waals surface area contributed by atoms with E-state index in [1.165, 1.54) is 6.20 Å². The fraction of sp³-hybridized carbons (Fsp3) is 0.267. The van der Waals surface area contributed by atoms with Crippen molar-refractivity contribution in [3.8, 4) is 11.3 Å². The first-order valence-electron chi connectivity index (χ1n) is 6.88. The van der Waals surface area contributed by atoms with Crippen LogP contribution >= 0.6 is 11.6 Å². The number of amides is 1. The summed E-state index contributed by atoms with van der Waals surface area (Å²) in [5.41, 5.74) is 1.65. The maximum absolute atomic E-state index is 12.6. The molecule has 0 unspecified atom stereocenters. The number of hydrogen-bond donors (Lipinski definition) is 2. The second kappa shape index (κ2) is 5.81. The first-order valence-corrected chi connectivity index (χ1v) is 7.26. The molecule has 1 aliphatic rings. The van der Waals surface area contributed by atoms with E-state index in [0.717, 1.165) is 0 Å². The molecule has 1 saturated heterocycles. The van der Waals surface area contributed by atoms with Crippen LogP contribution in [0.25, 0.3) is 11.3 Å². The highest BCUT2D eigenvalue weighted by Gasteiger charge is 2.32. The number of carboxylic acids is 1. The molecule has 2 heterocycles. The lowest BCUT2D eigenvalue weighted by Crippen LogP contribution is -2.30. The Labute approximate surface area is 131 Å². The summed E-state index contributed by atoms with van der Waals surface area (Å²) in [7, 11) is 0. The molecular formula is C15H14ClN3O3. The van der Waals surface area contributed by atoms with Crippen LogP contribution in [-0.2, 0) is 4.79 Å². The van der Waals surface area contributed by atoms with E-state index in [1.807, 2.05) is 12.1 Å². The molecular weight excluding hydrogens is 306 g/mol. The van der Waals surface area contributed by atoms with Crippen LogP contribution in [0.15, 0.2) is 30.5 Å². The van der Waals surface area contributed by atoms with Gasteiger partial charge in [-0.15, -0.1) is 0 Å². The summed E-state index contributed by atoms with van der Waals surface area (Å²) in [6.45, 7) is 0.657. The van der Waals surface area contributed by atoms with Gasteiger partial charge in [-0.25, -0.2) is 0 Å². The first-order chi connectivity index (χ1) is 10.6. The molecule has 3 rings (SSSR count). The largest absolute Gasteiger partial charge is 0.481 e. The SMILES string of the molecule is O=C(O)[C@H]1CCN(C(=O)c2cn[nH]c2-c2ccccc2Cl)C1. The van der Waals surface area contributed by atoms with E-state index >= 15 is 0 Å². The van der Waals surface area contributed by atoms with E-state index in [9.17, 15) is 9.59 Å². The fourth-order valence-corrected chi connectivity index (χ4v) is 2.86. The average molecular weight is 320 g/mol. The van der Waals surface area contributed by atoms with Crippen LogP contribution in [0.5, 0.6) is 0 Å². The molecule has 6 nitrogen and oxygen atoms in total. The molecule has 0 bridgehead atoms. The van der Waals surface area contributed by atoms with Crippen molar-refractivity contribution in [2.45, 2.75) is 6.42 Å². The van der Waals surface area contributed by atoms with Crippen molar-refractivity contribution in [3.05, 3.63) is 41.0 Å². The summed E-state index contributed by atoms with van der Waals surface area (Å²) in [4.78, 5) is 25.2. The molecule has 114 valence electrons. The molecule has 0 aliphatic carbocycles. The molecule has 7 heteroatoms. The Morgan fingerprint density at radius 3 is 2.82 bits per heavy atom. The number of carbonyl (C=O) groups is 2. The van der Waals surface area contributed by atoms with Crippen molar-refractivity contribution < 1.29 is 14.7 Å². The standard InChI is InChI=1S/C15H14ClN3O3/c16-12-4-2-1-3-10(12)13-11(7-17-18-13)14(20)19-6-5-9(8-19)15(21)22/h1-4,7,9H,5-6,8H2,(H,17,18)(H,21,22)/t9-/m0/s1. The van der Waals surface area contributed by atoms with Crippen molar-refractivity contribution in [1.82, 2.24) is 15.1 Å². The number of carbonyl (C=O) groups excluding carboxylic acids is 1. The van der Waals surface area contributed by atoms with Crippen LogP contribution in [0.3, 0.4) is 0 Å². The number of carboxylic acid groups (broad SMARTS) is 1. The van der Waals surface area contributed by atoms with E-state index in [2.05, 4.69) is 10.2 Å². The Kier molecular flexibility index (Phi) is 3.85. The zero-order chi connectivity index (χ0) is 15.7. The number of H-pyrrole nitrogens is 1. The predicted octanol–water partition coefficient (Wildman–Crippen LogP) is 2.28. The minimum absolute atomic E-state index is 0.224. The predicted molar refractivity (Wildman–Crippen MR) is 80.7 cm³/mol. The molecule has 0 radical (unpaired) electrons. The third-order valence-corrected chi connectivity index (χ3v) is 4.17. The number of aliphatic carboxylic acids is 1. The monoisotopic (exact) mass is 319 g/mol. The highest BCUT2D eigenvalue weighted by molar-refractivity contribution is 6.33. The quantitative estimate of drug-likeness (QED) is 0.908. The van der Waals surface area contributed by atoms with Gasteiger partial charge >= 0.3 is 5.97 Å². The van der Waals surface area contributed by atoms with Crippen molar-refractivity contribution in [2.24, 2.45) is 5.92 Å². The number of nitrogens with one attached hydrogen (secondary N) is 1. The molecule has 1 amide bonds. The van der Waals surface area contributed by atoms with Crippen LogP contribution < -0.4 is 0 Å². The summed E-state index contributed by atoms with van der Waals surface area (Å²) in [5, 5.41) is 16.3. The summed E-state index contributed by atoms with van der Waals surface area (Å²) < 4.78 is 0. The van der Waals surface area contributed by atoms with Crippen molar-refractivity contribution >= 4 is 23.5 Å². The maximum atomic E-state index is 12.6. The Balaban J connectivity index is 1.88. The second-order valence-corrected chi connectivity index (χ2v) is 5.62. The van der Waals surface area contributed by atoms with Gasteiger partial charge < -0.3 is 10.0 Å². The number of likely N-dealkylation sites (tertiary alicyclic amines) is 1. The zero-order valence-electron chi connectivity index (χ0n) is 11.6. The van der Waals surface area contributed by atoms with Crippen LogP contribution in [-0.4, -0.2) is 45.2 Å². The van der Waals surface area contributed by atoms with Gasteiger partial charge in [-0.2, -0.15) is 5.10 Å². The third kappa shape index (κ3) is 2.57. The summed E-state index contributed by atoms with van der Waals surface area (Å²) in [6, 6.07) is 7.17. The van der Waals surface area contributed by atoms with E-state index in [1.54, 1.807) is 17.0 Å². The highest BCUT2D eigenvalue weighted by atomic mass is 35.5. The van der Waals surface area contributed by atoms with E-state index in [4.69, 9.17) is 16.7 Å². The topological polar surface area (TPSA) is 86.3 Å². The molecule has 1 atom stereocenters. The fourth-order valence-electron chi connectivity index (χ4n) is 2.63. The van der Waals surface area contributed by atoms with Crippen molar-refractivity contribution in [3.63, 3.8) is 0 Å². The normalized spacial score (nSPS) is 17.7. The maximum Gasteiger partial charge on any atom is 0.308 e. The number of hydrogen-bond acceptors (Lipinski definition) is 3. The summed E-state index contributed by atoms with van der Waals surface area (Å²) in [6.07, 6.45) is 1.93. The van der Waals surface area contributed by atoms with E-state index in [-0.39, 0.29) is 12.5 Å². The molecule has 0 spiro atoms. The number of benzene rings is 1. The van der Waals surface area contributed by atoms with Gasteiger partial charge in [0.2, 0.25) is 0 Å². The average Bonchev–Trinajstić information content (AvgIpc) is 3.16. The van der Waals surface area contributed by atoms with Gasteiger partial charge in [0, 0.05) is 23.7 Å². The molecule has 1 fully saturated rings. The minimum Gasteiger partial charge on any atom is -0.481 e. The molecule has 2 aromatic rings. The minimum atomic E-state index is -0.867. The van der Waals surface area contributed by atoms with E-state index in [0.29, 0.717) is 34.8 Å². The van der Waals surface area contributed by atoms with E-state index < -0.39 is 11.9 Å². The van der Waals surface area contributed by atoms with Gasteiger partial charge in [0.1, 0.15) is 0 Å². The molecule has 1 aromatic heterocycles. The van der Waals surface area contributed by atoms with Gasteiger partial charge in [0.25, 0.3) is 5.91 Å². The number of nitrogens with zero attached hydrogens (tertiary/aromatic N) is 2. The lowest BCUT2D eigenvalue weighted by molar-refractivity contribution is -0.141. The van der Waals surface area contributed by atoms with Crippen LogP contribution in [0.4, 0.5) is 0 Å². The smallest absolute Gasteiger partial charge is 0.308 e. The Hall–Kier alpha value is -2.34. The van der Waals surface area contributed by atoms with Gasteiger partial charge in [0.05, 0.1) is 23.4 Å². The molecule has 1 aliphatic heterocycles. The Morgan fingerprint density at radius 2 is 2.14 bits per heavy atom. The van der Waals surface area contributed by atoms with Gasteiger partial charge in [-0.05, 0) is 12.5 Å². The highest BCUT2D eigenvalue weighted by Crippen LogP contribution is 2.30. The number of rotatable bonds is 3. The third-order valence-electron chi connectivity index (χ3n) is 3.84. The molecule has 1 aromatic carbocycles. The zero-order valence-corrected chi connectivity index (χ0v) is 12.4. The number of aromatic nitrogens is 2. The number of halogens is 1. The first kappa shape index (κ1) is 14.6. The summed E-state index contributed by atoms with van der Waals surface area (Å²) in [5.74, 6) is -1.60. The van der Waals surface area contributed by atoms with Crippen molar-refractivity contribution in [2.75, 3.05) is 13.1 Å².